The van der Waals surface area contributed by atoms with E-state index in [9.17, 15) is 32.3 Å². The molecule has 188 valence electrons. The largest absolute Gasteiger partial charge is 0.481 e. The zero-order chi connectivity index (χ0) is 25.3. The van der Waals surface area contributed by atoms with E-state index >= 15 is 0 Å². The van der Waals surface area contributed by atoms with Gasteiger partial charge in [0.15, 0.2) is 0 Å². The van der Waals surface area contributed by atoms with E-state index in [0.717, 1.165) is 0 Å². The summed E-state index contributed by atoms with van der Waals surface area (Å²) in [6, 6.07) is 8.80. The van der Waals surface area contributed by atoms with Crippen molar-refractivity contribution in [2.75, 3.05) is 13.1 Å². The Morgan fingerprint density at radius 2 is 1.71 bits per heavy atom. The molecule has 2 heterocycles. The second-order valence-corrected chi connectivity index (χ2v) is 9.37. The summed E-state index contributed by atoms with van der Waals surface area (Å²) in [5.74, 6) is -3.15. The molecule has 2 aliphatic heterocycles. The van der Waals surface area contributed by atoms with E-state index in [1.807, 2.05) is 0 Å². The molecule has 2 aliphatic rings. The molecule has 1 amide bonds. The Kier molecular flexibility index (Phi) is 7.17. The summed E-state index contributed by atoms with van der Waals surface area (Å²) in [5.41, 5.74) is 1.63. The van der Waals surface area contributed by atoms with Crippen molar-refractivity contribution < 1.29 is 32.3 Å². The highest BCUT2D eigenvalue weighted by Crippen LogP contribution is 2.38. The number of carbonyl (C=O) groups is 2. The fourth-order valence-electron chi connectivity index (χ4n) is 5.38. The first-order valence-corrected chi connectivity index (χ1v) is 11.8. The Morgan fingerprint density at radius 3 is 2.34 bits per heavy atom. The Balaban J connectivity index is 1.61. The van der Waals surface area contributed by atoms with Gasteiger partial charge in [0.1, 0.15) is 11.9 Å². The fraction of sp³-hybridized carbons (Fsp3) is 0.462. The van der Waals surface area contributed by atoms with Gasteiger partial charge in [0.25, 0.3) is 5.91 Å². The highest BCUT2D eigenvalue weighted by molar-refractivity contribution is 5.96. The molecule has 9 heteroatoms. The zero-order valence-corrected chi connectivity index (χ0v) is 19.4. The molecule has 0 radical (unpaired) electrons. The summed E-state index contributed by atoms with van der Waals surface area (Å²) >= 11 is 0. The molecule has 0 saturated carbocycles. The van der Waals surface area contributed by atoms with Gasteiger partial charge in [0, 0.05) is 13.1 Å². The van der Waals surface area contributed by atoms with Crippen LogP contribution in [0.1, 0.15) is 58.8 Å². The van der Waals surface area contributed by atoms with Gasteiger partial charge in [-0.25, -0.2) is 4.39 Å². The standard InChI is InChI=1S/C26H28F4N2O3/c1-16-5-2-7-20(27)22(16)24(33)32-14-3-6-19(25(34)35)23(32)18-11-9-17(10-12-18)15-31-13-4-8-21(31)26(28,29)30/h2,5,7,9-12,19,21,23H,3-4,6,8,13-15H2,1H3,(H,34,35)/t19-,21+,23-/m0/s1. The van der Waals surface area contributed by atoms with Crippen molar-refractivity contribution in [2.45, 2.75) is 57.4 Å². The summed E-state index contributed by atoms with van der Waals surface area (Å²) in [6.45, 7) is 2.41. The van der Waals surface area contributed by atoms with Crippen molar-refractivity contribution in [3.63, 3.8) is 0 Å². The number of carboxylic acids is 1. The number of nitrogens with zero attached hydrogens (tertiary/aromatic N) is 2. The maximum absolute atomic E-state index is 14.6. The number of aliphatic carboxylic acids is 1. The summed E-state index contributed by atoms with van der Waals surface area (Å²) in [6.07, 6.45) is -2.88. The summed E-state index contributed by atoms with van der Waals surface area (Å²) in [4.78, 5) is 28.3. The third kappa shape index (κ3) is 5.19. The number of hydrogen-bond acceptors (Lipinski definition) is 3. The number of piperidine rings is 1. The van der Waals surface area contributed by atoms with E-state index in [1.54, 1.807) is 37.3 Å². The number of carboxylic acid groups (broad SMARTS) is 1. The van der Waals surface area contributed by atoms with Gasteiger partial charge in [-0.3, -0.25) is 14.5 Å². The maximum atomic E-state index is 14.6. The molecule has 2 saturated heterocycles. The fourth-order valence-corrected chi connectivity index (χ4v) is 5.38. The van der Waals surface area contributed by atoms with Crippen molar-refractivity contribution >= 4 is 11.9 Å². The number of aryl methyl sites for hydroxylation is 1. The van der Waals surface area contributed by atoms with E-state index in [-0.39, 0.29) is 25.1 Å². The van der Waals surface area contributed by atoms with Crippen LogP contribution in [0.15, 0.2) is 42.5 Å². The van der Waals surface area contributed by atoms with Crippen LogP contribution in [0.3, 0.4) is 0 Å². The lowest BCUT2D eigenvalue weighted by molar-refractivity contribution is -0.177. The average molecular weight is 493 g/mol. The molecule has 35 heavy (non-hydrogen) atoms. The second-order valence-electron chi connectivity index (χ2n) is 9.37. The van der Waals surface area contributed by atoms with E-state index in [4.69, 9.17) is 0 Å². The van der Waals surface area contributed by atoms with E-state index in [1.165, 1.54) is 21.9 Å². The first-order valence-electron chi connectivity index (χ1n) is 11.8. The number of hydrogen-bond donors (Lipinski definition) is 1. The Labute approximate surface area is 201 Å². The highest BCUT2D eigenvalue weighted by Gasteiger charge is 2.45. The first kappa shape index (κ1) is 25.2. The molecule has 2 aromatic carbocycles. The number of alkyl halides is 3. The van der Waals surface area contributed by atoms with Crippen molar-refractivity contribution in [1.29, 1.82) is 0 Å². The van der Waals surface area contributed by atoms with Gasteiger partial charge in [0.05, 0.1) is 17.5 Å². The van der Waals surface area contributed by atoms with Crippen LogP contribution in [-0.4, -0.2) is 52.1 Å². The van der Waals surface area contributed by atoms with Crippen molar-refractivity contribution in [1.82, 2.24) is 9.80 Å². The van der Waals surface area contributed by atoms with Gasteiger partial charge >= 0.3 is 12.1 Å². The van der Waals surface area contributed by atoms with Crippen LogP contribution in [0.4, 0.5) is 17.6 Å². The van der Waals surface area contributed by atoms with Crippen LogP contribution in [0.5, 0.6) is 0 Å². The number of halogens is 4. The highest BCUT2D eigenvalue weighted by atomic mass is 19.4. The number of likely N-dealkylation sites (tertiary alicyclic amines) is 2. The summed E-state index contributed by atoms with van der Waals surface area (Å²) in [7, 11) is 0. The third-order valence-corrected chi connectivity index (χ3v) is 7.09. The molecule has 0 aliphatic carbocycles. The predicted octanol–water partition coefficient (Wildman–Crippen LogP) is 5.34. The first-order chi connectivity index (χ1) is 16.6. The minimum atomic E-state index is -4.28. The molecule has 0 aromatic heterocycles. The molecule has 2 fully saturated rings. The Bertz CT molecular complexity index is 1070. The molecule has 5 nitrogen and oxygen atoms in total. The van der Waals surface area contributed by atoms with Gasteiger partial charge in [-0.05, 0) is 61.9 Å². The van der Waals surface area contributed by atoms with Crippen LogP contribution in [0.2, 0.25) is 0 Å². The quantitative estimate of drug-likeness (QED) is 0.573. The molecule has 1 N–H and O–H groups in total. The molecular formula is C26H28F4N2O3. The van der Waals surface area contributed by atoms with Gasteiger partial charge in [0.2, 0.25) is 0 Å². The molecule has 0 bridgehead atoms. The molecular weight excluding hydrogens is 464 g/mol. The summed E-state index contributed by atoms with van der Waals surface area (Å²) < 4.78 is 54.4. The smallest absolute Gasteiger partial charge is 0.404 e. The lowest BCUT2D eigenvalue weighted by atomic mass is 9.83. The van der Waals surface area contributed by atoms with Crippen LogP contribution < -0.4 is 0 Å². The van der Waals surface area contributed by atoms with E-state index < -0.39 is 41.9 Å². The molecule has 0 unspecified atom stereocenters. The van der Waals surface area contributed by atoms with Crippen LogP contribution in [0.25, 0.3) is 0 Å². The van der Waals surface area contributed by atoms with Crippen molar-refractivity contribution in [2.24, 2.45) is 5.92 Å². The normalized spacial score (nSPS) is 23.5. The molecule has 2 aromatic rings. The Morgan fingerprint density at radius 1 is 1.03 bits per heavy atom. The van der Waals surface area contributed by atoms with E-state index in [0.29, 0.717) is 42.5 Å². The Hall–Kier alpha value is -2.94. The lowest BCUT2D eigenvalue weighted by Crippen LogP contribution is -2.45. The maximum Gasteiger partial charge on any atom is 0.404 e. The van der Waals surface area contributed by atoms with Gasteiger partial charge < -0.3 is 10.0 Å². The third-order valence-electron chi connectivity index (χ3n) is 7.09. The SMILES string of the molecule is Cc1cccc(F)c1C(=O)N1CCC[C@H](C(=O)O)[C@@H]1c1ccc(CN2CCC[C@@H]2C(F)(F)F)cc1. The number of carbonyl (C=O) groups excluding carboxylic acids is 1. The summed E-state index contributed by atoms with van der Waals surface area (Å²) in [5, 5.41) is 9.87. The van der Waals surface area contributed by atoms with Crippen LogP contribution in [-0.2, 0) is 11.3 Å². The average Bonchev–Trinajstić information content (AvgIpc) is 3.28. The second kappa shape index (κ2) is 9.97. The topological polar surface area (TPSA) is 60.9 Å². The minimum absolute atomic E-state index is 0.0765. The minimum Gasteiger partial charge on any atom is -0.481 e. The van der Waals surface area contributed by atoms with E-state index in [2.05, 4.69) is 0 Å². The van der Waals surface area contributed by atoms with Crippen LogP contribution in [0, 0.1) is 18.7 Å². The predicted molar refractivity (Wildman–Crippen MR) is 121 cm³/mol. The monoisotopic (exact) mass is 492 g/mol. The number of rotatable bonds is 5. The van der Waals surface area contributed by atoms with Crippen molar-refractivity contribution in [3.8, 4) is 0 Å². The molecule has 0 spiro atoms. The lowest BCUT2D eigenvalue weighted by Gasteiger charge is -2.40. The molecule has 4 rings (SSSR count). The van der Waals surface area contributed by atoms with Crippen molar-refractivity contribution in [3.05, 3.63) is 70.5 Å². The van der Waals surface area contributed by atoms with Gasteiger partial charge in [-0.15, -0.1) is 0 Å². The van der Waals surface area contributed by atoms with Crippen LogP contribution >= 0.6 is 0 Å². The van der Waals surface area contributed by atoms with Gasteiger partial charge in [-0.1, -0.05) is 36.4 Å². The number of amides is 1. The number of benzene rings is 2. The molecule has 3 atom stereocenters. The van der Waals surface area contributed by atoms with Gasteiger partial charge in [-0.2, -0.15) is 13.2 Å². The zero-order valence-electron chi connectivity index (χ0n) is 19.4.